The van der Waals surface area contributed by atoms with Crippen LogP contribution >= 0.6 is 11.3 Å². The largest absolute Gasteiger partial charge is 0.479 e. The number of aromatic nitrogens is 1. The molecule has 1 saturated heterocycles. The summed E-state index contributed by atoms with van der Waals surface area (Å²) in [5.41, 5.74) is 0.689. The number of thiazole rings is 1. The Morgan fingerprint density at radius 2 is 2.04 bits per heavy atom. The fourth-order valence-corrected chi connectivity index (χ4v) is 3.51. The summed E-state index contributed by atoms with van der Waals surface area (Å²) in [5, 5.41) is 11.3. The smallest absolute Gasteiger partial charge is 0.341 e. The lowest BCUT2D eigenvalue weighted by Crippen LogP contribution is -2.29. The summed E-state index contributed by atoms with van der Waals surface area (Å²) >= 11 is 1.42. The van der Waals surface area contributed by atoms with E-state index in [1.165, 1.54) is 23.8 Å². The molecule has 0 atom stereocenters. The summed E-state index contributed by atoms with van der Waals surface area (Å²) in [7, 11) is 0. The van der Waals surface area contributed by atoms with E-state index in [1.54, 1.807) is 5.38 Å². The van der Waals surface area contributed by atoms with Crippen LogP contribution in [0.3, 0.4) is 0 Å². The van der Waals surface area contributed by atoms with E-state index < -0.39 is 30.0 Å². The van der Waals surface area contributed by atoms with Crippen molar-refractivity contribution in [2.75, 3.05) is 24.6 Å². The lowest BCUT2D eigenvalue weighted by atomic mass is 10.1. The highest BCUT2D eigenvalue weighted by Gasteiger charge is 2.21. The molecule has 1 aromatic carbocycles. The van der Waals surface area contributed by atoms with Crippen LogP contribution in [-0.4, -0.2) is 35.8 Å². The third-order valence-corrected chi connectivity index (χ3v) is 4.69. The molecule has 1 fully saturated rings. The first kappa shape index (κ1) is 16.6. The fraction of sp³-hybridized carbons (Fsp3) is 0.375. The third-order valence-electron chi connectivity index (χ3n) is 3.78. The molecule has 0 radical (unpaired) electrons. The van der Waals surface area contributed by atoms with Gasteiger partial charge in [0.05, 0.1) is 5.69 Å². The molecule has 1 N–H and O–H groups in total. The van der Waals surface area contributed by atoms with Crippen LogP contribution in [-0.2, 0) is 4.79 Å². The molecule has 5 nitrogen and oxygen atoms in total. The van der Waals surface area contributed by atoms with Gasteiger partial charge in [-0.25, -0.2) is 14.2 Å². The predicted octanol–water partition coefficient (Wildman–Crippen LogP) is 3.54. The molecule has 8 heteroatoms. The molecule has 24 heavy (non-hydrogen) atoms. The first-order valence-electron chi connectivity index (χ1n) is 7.59. The van der Waals surface area contributed by atoms with Crippen LogP contribution in [0.5, 0.6) is 5.75 Å². The van der Waals surface area contributed by atoms with Crippen LogP contribution in [0.15, 0.2) is 17.5 Å². The molecule has 0 saturated carbocycles. The van der Waals surface area contributed by atoms with Crippen molar-refractivity contribution in [3.63, 3.8) is 0 Å². The van der Waals surface area contributed by atoms with E-state index >= 15 is 0 Å². The Balaban J connectivity index is 1.92. The van der Waals surface area contributed by atoms with Gasteiger partial charge in [-0.2, -0.15) is 4.39 Å². The number of carbonyl (C=O) groups is 1. The van der Waals surface area contributed by atoms with Gasteiger partial charge in [0.1, 0.15) is 0 Å². The van der Waals surface area contributed by atoms with Gasteiger partial charge in [-0.05, 0) is 31.4 Å². The van der Waals surface area contributed by atoms with Crippen LogP contribution in [0.25, 0.3) is 11.3 Å². The van der Waals surface area contributed by atoms with Crippen molar-refractivity contribution in [2.24, 2.45) is 0 Å². The SMILES string of the molecule is O=C(O)COc1c(-c2csc(N3CCCCC3)n2)ccc(F)c1F. The van der Waals surface area contributed by atoms with Crippen LogP contribution in [0, 0.1) is 11.6 Å². The Morgan fingerprint density at radius 1 is 1.29 bits per heavy atom. The predicted molar refractivity (Wildman–Crippen MR) is 86.7 cm³/mol. The maximum absolute atomic E-state index is 14.0. The van der Waals surface area contributed by atoms with Crippen LogP contribution < -0.4 is 9.64 Å². The van der Waals surface area contributed by atoms with Crippen molar-refractivity contribution in [3.05, 3.63) is 29.1 Å². The number of hydrogen-bond acceptors (Lipinski definition) is 5. The number of ether oxygens (including phenoxy) is 1. The van der Waals surface area contributed by atoms with Crippen molar-refractivity contribution < 1.29 is 23.4 Å². The maximum Gasteiger partial charge on any atom is 0.341 e. The summed E-state index contributed by atoms with van der Waals surface area (Å²) in [6, 6.07) is 2.34. The number of hydrogen-bond donors (Lipinski definition) is 1. The fourth-order valence-electron chi connectivity index (χ4n) is 2.63. The van der Waals surface area contributed by atoms with Gasteiger partial charge in [-0.3, -0.25) is 0 Å². The van der Waals surface area contributed by atoms with Crippen LogP contribution in [0.1, 0.15) is 19.3 Å². The molecule has 0 spiro atoms. The number of benzene rings is 1. The number of aliphatic carboxylic acids is 1. The number of piperidine rings is 1. The number of anilines is 1. The highest BCUT2D eigenvalue weighted by atomic mass is 32.1. The van der Waals surface area contributed by atoms with Gasteiger partial charge in [-0.1, -0.05) is 0 Å². The van der Waals surface area contributed by atoms with Crippen molar-refractivity contribution in [3.8, 4) is 17.0 Å². The zero-order valence-electron chi connectivity index (χ0n) is 12.8. The molecule has 0 unspecified atom stereocenters. The number of nitrogens with zero attached hydrogens (tertiary/aromatic N) is 2. The zero-order valence-corrected chi connectivity index (χ0v) is 13.6. The Bertz CT molecular complexity index is 745. The molecule has 1 aliphatic heterocycles. The standard InChI is InChI=1S/C16H16F2N2O3S/c17-11-5-4-10(15(14(11)18)23-8-13(21)22)12-9-24-16(19-12)20-6-2-1-3-7-20/h4-5,9H,1-3,6-8H2,(H,21,22). The quantitative estimate of drug-likeness (QED) is 0.890. The Labute approximate surface area is 141 Å². The second-order valence-electron chi connectivity index (χ2n) is 5.48. The summed E-state index contributed by atoms with van der Waals surface area (Å²) in [6.07, 6.45) is 3.41. The number of halogens is 2. The van der Waals surface area contributed by atoms with E-state index in [1.807, 2.05) is 0 Å². The molecule has 1 aliphatic rings. The van der Waals surface area contributed by atoms with Gasteiger partial charge in [0.15, 0.2) is 23.3 Å². The first-order valence-corrected chi connectivity index (χ1v) is 8.47. The molecule has 3 rings (SSSR count). The van der Waals surface area contributed by atoms with Gasteiger partial charge < -0.3 is 14.7 Å². The second-order valence-corrected chi connectivity index (χ2v) is 6.32. The second kappa shape index (κ2) is 7.12. The summed E-state index contributed by atoms with van der Waals surface area (Å²) in [4.78, 5) is 17.3. The molecular weight excluding hydrogens is 338 g/mol. The molecule has 2 heterocycles. The summed E-state index contributed by atoms with van der Waals surface area (Å²) < 4.78 is 32.5. The number of carboxylic acids is 1. The van der Waals surface area contributed by atoms with Crippen molar-refractivity contribution in [1.29, 1.82) is 0 Å². The average Bonchev–Trinajstić information content (AvgIpc) is 3.06. The van der Waals surface area contributed by atoms with Crippen molar-refractivity contribution in [1.82, 2.24) is 4.98 Å². The normalized spacial score (nSPS) is 14.7. The lowest BCUT2D eigenvalue weighted by Gasteiger charge is -2.25. The minimum Gasteiger partial charge on any atom is -0.479 e. The molecule has 1 aromatic heterocycles. The number of rotatable bonds is 5. The summed E-state index contributed by atoms with van der Waals surface area (Å²) in [6.45, 7) is 1.09. The van der Waals surface area contributed by atoms with Gasteiger partial charge in [0.2, 0.25) is 5.82 Å². The van der Waals surface area contributed by atoms with Crippen LogP contribution in [0.4, 0.5) is 13.9 Å². The van der Waals surface area contributed by atoms with Gasteiger partial charge in [0, 0.05) is 24.0 Å². The van der Waals surface area contributed by atoms with Crippen LogP contribution in [0.2, 0.25) is 0 Å². The van der Waals surface area contributed by atoms with E-state index in [4.69, 9.17) is 9.84 Å². The Hall–Kier alpha value is -2.22. The lowest BCUT2D eigenvalue weighted by molar-refractivity contribution is -0.139. The molecule has 128 valence electrons. The molecular formula is C16H16F2N2O3S. The Morgan fingerprint density at radius 3 is 2.75 bits per heavy atom. The van der Waals surface area contributed by atoms with Crippen molar-refractivity contribution >= 4 is 22.4 Å². The van der Waals surface area contributed by atoms with E-state index in [-0.39, 0.29) is 5.56 Å². The molecule has 0 amide bonds. The van der Waals surface area contributed by atoms with E-state index in [9.17, 15) is 13.6 Å². The topological polar surface area (TPSA) is 62.7 Å². The first-order chi connectivity index (χ1) is 11.6. The minimum absolute atomic E-state index is 0.245. The molecule has 0 bridgehead atoms. The number of carboxylic acid groups (broad SMARTS) is 1. The zero-order chi connectivity index (χ0) is 17.1. The highest BCUT2D eigenvalue weighted by molar-refractivity contribution is 7.14. The molecule has 0 aliphatic carbocycles. The summed E-state index contributed by atoms with van der Waals surface area (Å²) in [5.74, 6) is -3.99. The Kier molecular flexibility index (Phi) is 4.94. The molecule has 2 aromatic rings. The third kappa shape index (κ3) is 3.48. The van der Waals surface area contributed by atoms with Gasteiger partial charge in [-0.15, -0.1) is 11.3 Å². The average molecular weight is 354 g/mol. The van der Waals surface area contributed by atoms with Gasteiger partial charge in [0.25, 0.3) is 0 Å². The monoisotopic (exact) mass is 354 g/mol. The van der Waals surface area contributed by atoms with Crippen molar-refractivity contribution in [2.45, 2.75) is 19.3 Å². The van der Waals surface area contributed by atoms with E-state index in [2.05, 4.69) is 9.88 Å². The highest BCUT2D eigenvalue weighted by Crippen LogP contribution is 2.36. The van der Waals surface area contributed by atoms with E-state index in [0.717, 1.165) is 37.1 Å². The minimum atomic E-state index is -1.27. The van der Waals surface area contributed by atoms with Gasteiger partial charge >= 0.3 is 5.97 Å². The maximum atomic E-state index is 14.0. The van der Waals surface area contributed by atoms with E-state index in [0.29, 0.717) is 5.69 Å².